The van der Waals surface area contributed by atoms with Crippen molar-refractivity contribution in [3.05, 3.63) is 12.7 Å². The minimum atomic E-state index is 0.765. The zero-order valence-corrected chi connectivity index (χ0v) is 5.66. The lowest BCUT2D eigenvalue weighted by Gasteiger charge is -1.67. The first-order valence-corrected chi connectivity index (χ1v) is 3.16. The summed E-state index contributed by atoms with van der Waals surface area (Å²) in [6.07, 6.45) is 2.58. The Morgan fingerprint density at radius 3 is 2.71 bits per heavy atom. The molecule has 0 nitrogen and oxygen atoms in total. The van der Waals surface area contributed by atoms with Gasteiger partial charge in [-0.1, -0.05) is 33.8 Å². The molecule has 0 aliphatic carbocycles. The molecule has 0 fully saturated rings. The Kier molecular flexibility index (Phi) is 5.60. The van der Waals surface area contributed by atoms with Crippen LogP contribution in [0.15, 0.2) is 12.7 Å². The van der Waals surface area contributed by atoms with Crippen molar-refractivity contribution >= 4 is 15.9 Å². The predicted molar refractivity (Wildman–Crippen MR) is 36.4 cm³/mol. The van der Waals surface area contributed by atoms with Crippen LogP contribution in [-0.2, 0) is 0 Å². The molecule has 0 N–H and O–H groups in total. The normalized spacial score (nSPS) is 6.43. The van der Waals surface area contributed by atoms with E-state index in [1.54, 1.807) is 6.08 Å². The summed E-state index contributed by atoms with van der Waals surface area (Å²) in [7, 11) is 0. The average Bonchev–Trinajstić information content (AvgIpc) is 1.69. The Balaban J connectivity index is 3.06. The van der Waals surface area contributed by atoms with Gasteiger partial charge in [-0.15, -0.1) is 6.58 Å². The van der Waals surface area contributed by atoms with E-state index in [2.05, 4.69) is 34.3 Å². The van der Waals surface area contributed by atoms with E-state index in [0.29, 0.717) is 0 Å². The number of alkyl halides is 1. The van der Waals surface area contributed by atoms with Gasteiger partial charge in [0.1, 0.15) is 0 Å². The molecule has 0 amide bonds. The quantitative estimate of drug-likeness (QED) is 0.311. The zero-order chi connectivity index (χ0) is 5.54. The van der Waals surface area contributed by atoms with Crippen molar-refractivity contribution in [1.29, 1.82) is 0 Å². The number of hydrogen-bond donors (Lipinski definition) is 0. The first kappa shape index (κ1) is 6.78. The third kappa shape index (κ3) is 5.78. The van der Waals surface area contributed by atoms with Crippen molar-refractivity contribution in [3.8, 4) is 11.8 Å². The highest BCUT2D eigenvalue weighted by Crippen LogP contribution is 1.76. The van der Waals surface area contributed by atoms with Crippen LogP contribution < -0.4 is 0 Å². The minimum Gasteiger partial charge on any atom is -0.102 e. The van der Waals surface area contributed by atoms with E-state index in [-0.39, 0.29) is 0 Å². The molecule has 0 bridgehead atoms. The molecule has 0 aromatic rings. The number of hydrogen-bond acceptors (Lipinski definition) is 0. The fraction of sp³-hybridized carbons (Fsp3) is 0.333. The summed E-state index contributed by atoms with van der Waals surface area (Å²) in [6, 6.07) is 0. The SMILES string of the molecule is C=CCC#CCBr. The summed E-state index contributed by atoms with van der Waals surface area (Å²) in [5.41, 5.74) is 0. The van der Waals surface area contributed by atoms with Crippen molar-refractivity contribution in [2.24, 2.45) is 0 Å². The smallest absolute Gasteiger partial charge is 0.0645 e. The van der Waals surface area contributed by atoms with Crippen LogP contribution in [0.1, 0.15) is 6.42 Å². The summed E-state index contributed by atoms with van der Waals surface area (Å²) >= 11 is 3.17. The van der Waals surface area contributed by atoms with E-state index in [9.17, 15) is 0 Å². The Morgan fingerprint density at radius 2 is 2.29 bits per heavy atom. The second kappa shape index (κ2) is 5.78. The third-order valence-electron chi connectivity index (χ3n) is 0.438. The van der Waals surface area contributed by atoms with Crippen LogP contribution in [0.2, 0.25) is 0 Å². The van der Waals surface area contributed by atoms with Gasteiger partial charge in [-0.05, 0) is 0 Å². The topological polar surface area (TPSA) is 0 Å². The lowest BCUT2D eigenvalue weighted by molar-refractivity contribution is 1.48. The van der Waals surface area contributed by atoms with Gasteiger partial charge < -0.3 is 0 Å². The summed E-state index contributed by atoms with van der Waals surface area (Å²) in [5.74, 6) is 5.71. The molecule has 1 heteroatoms. The Labute approximate surface area is 52.7 Å². The molecule has 0 heterocycles. The maximum Gasteiger partial charge on any atom is 0.0645 e. The fourth-order valence-electron chi connectivity index (χ4n) is 0.192. The van der Waals surface area contributed by atoms with Crippen molar-refractivity contribution in [3.63, 3.8) is 0 Å². The monoisotopic (exact) mass is 158 g/mol. The van der Waals surface area contributed by atoms with E-state index >= 15 is 0 Å². The minimum absolute atomic E-state index is 0.765. The molecule has 0 saturated heterocycles. The molecule has 0 spiro atoms. The van der Waals surface area contributed by atoms with Gasteiger partial charge in [0.2, 0.25) is 0 Å². The number of allylic oxidation sites excluding steroid dienone is 1. The van der Waals surface area contributed by atoms with Crippen molar-refractivity contribution in [2.45, 2.75) is 6.42 Å². The largest absolute Gasteiger partial charge is 0.102 e. The molecular weight excluding hydrogens is 152 g/mol. The van der Waals surface area contributed by atoms with Crippen LogP contribution in [0.4, 0.5) is 0 Å². The summed E-state index contributed by atoms with van der Waals surface area (Å²) < 4.78 is 0. The Bertz CT molecular complexity index is 94.5. The van der Waals surface area contributed by atoms with Crippen LogP contribution >= 0.6 is 15.9 Å². The lowest BCUT2D eigenvalue weighted by atomic mass is 10.4. The number of rotatable bonds is 1. The highest BCUT2D eigenvalue weighted by molar-refractivity contribution is 9.09. The Morgan fingerprint density at radius 1 is 1.57 bits per heavy atom. The standard InChI is InChI=1S/C6H7Br/c1-2-3-4-5-6-7/h2H,1,3,6H2. The van der Waals surface area contributed by atoms with Gasteiger partial charge in [0.15, 0.2) is 0 Å². The molecular formula is C6H7Br. The maximum atomic E-state index is 3.51. The molecule has 0 aliphatic rings. The molecule has 0 aromatic heterocycles. The molecule has 0 saturated carbocycles. The Hall–Kier alpha value is -0.220. The van der Waals surface area contributed by atoms with Crippen LogP contribution in [0.25, 0.3) is 0 Å². The van der Waals surface area contributed by atoms with Gasteiger partial charge in [0, 0.05) is 6.42 Å². The van der Waals surface area contributed by atoms with Crippen molar-refractivity contribution in [2.75, 3.05) is 5.33 Å². The number of halogens is 1. The predicted octanol–water partition coefficient (Wildman–Crippen LogP) is 1.96. The van der Waals surface area contributed by atoms with E-state index < -0.39 is 0 Å². The third-order valence-corrected chi connectivity index (χ3v) is 0.719. The highest BCUT2D eigenvalue weighted by Gasteiger charge is 1.60. The molecule has 0 aliphatic heterocycles. The molecule has 0 rings (SSSR count). The van der Waals surface area contributed by atoms with Gasteiger partial charge in [-0.25, -0.2) is 0 Å². The van der Waals surface area contributed by atoms with E-state index in [1.807, 2.05) is 0 Å². The summed E-state index contributed by atoms with van der Waals surface area (Å²) in [5, 5.41) is 0.765. The van der Waals surface area contributed by atoms with Crippen molar-refractivity contribution < 1.29 is 0 Å². The van der Waals surface area contributed by atoms with Crippen LogP contribution in [0.3, 0.4) is 0 Å². The molecule has 0 atom stereocenters. The second-order valence-corrected chi connectivity index (χ2v) is 1.54. The fourth-order valence-corrected chi connectivity index (χ4v) is 0.390. The van der Waals surface area contributed by atoms with Crippen molar-refractivity contribution in [1.82, 2.24) is 0 Å². The van der Waals surface area contributed by atoms with Crippen LogP contribution in [0.5, 0.6) is 0 Å². The average molecular weight is 159 g/mol. The molecule has 0 aromatic carbocycles. The molecule has 0 unspecified atom stereocenters. The zero-order valence-electron chi connectivity index (χ0n) is 4.08. The summed E-state index contributed by atoms with van der Waals surface area (Å²) in [4.78, 5) is 0. The molecule has 38 valence electrons. The van der Waals surface area contributed by atoms with Crippen LogP contribution in [0, 0.1) is 11.8 Å². The molecule has 7 heavy (non-hydrogen) atoms. The van der Waals surface area contributed by atoms with E-state index in [0.717, 1.165) is 11.8 Å². The molecule has 0 radical (unpaired) electrons. The van der Waals surface area contributed by atoms with Gasteiger partial charge in [0.05, 0.1) is 5.33 Å². The van der Waals surface area contributed by atoms with E-state index in [4.69, 9.17) is 0 Å². The summed E-state index contributed by atoms with van der Waals surface area (Å²) in [6.45, 7) is 3.51. The highest BCUT2D eigenvalue weighted by atomic mass is 79.9. The maximum absolute atomic E-state index is 3.51. The van der Waals surface area contributed by atoms with Gasteiger partial charge in [-0.3, -0.25) is 0 Å². The second-order valence-electron chi connectivity index (χ2n) is 0.980. The first-order valence-electron chi connectivity index (χ1n) is 2.04. The van der Waals surface area contributed by atoms with Gasteiger partial charge in [0.25, 0.3) is 0 Å². The van der Waals surface area contributed by atoms with Crippen LogP contribution in [-0.4, -0.2) is 5.33 Å². The first-order chi connectivity index (χ1) is 3.41. The van der Waals surface area contributed by atoms with E-state index in [1.165, 1.54) is 0 Å². The van der Waals surface area contributed by atoms with Gasteiger partial charge in [-0.2, -0.15) is 0 Å². The lowest BCUT2D eigenvalue weighted by Crippen LogP contribution is -1.58. The van der Waals surface area contributed by atoms with Gasteiger partial charge >= 0.3 is 0 Å².